The third-order valence-corrected chi connectivity index (χ3v) is 8.81. The van der Waals surface area contributed by atoms with Gasteiger partial charge in [0.1, 0.15) is 23.0 Å². The number of hydrogen-bond acceptors (Lipinski definition) is 7. The number of anilines is 1. The minimum absolute atomic E-state index is 0.0300. The zero-order chi connectivity index (χ0) is 29.9. The lowest BCUT2D eigenvalue weighted by Crippen LogP contribution is -2.41. The second-order valence-corrected chi connectivity index (χ2v) is 11.8. The number of phenols is 2. The molecule has 0 radical (unpaired) electrons. The van der Waals surface area contributed by atoms with Crippen LogP contribution in [0.3, 0.4) is 0 Å². The van der Waals surface area contributed by atoms with Crippen LogP contribution in [0.15, 0.2) is 83.3 Å². The van der Waals surface area contributed by atoms with E-state index in [1.807, 2.05) is 24.3 Å². The summed E-state index contributed by atoms with van der Waals surface area (Å²) in [7, 11) is 0. The molecule has 0 unspecified atom stereocenters. The second-order valence-electron chi connectivity index (χ2n) is 10.9. The first-order chi connectivity index (χ1) is 20.7. The van der Waals surface area contributed by atoms with Gasteiger partial charge in [-0.1, -0.05) is 22.0 Å². The monoisotopic (exact) mass is 640 g/mol. The molecule has 1 spiro atoms. The summed E-state index contributed by atoms with van der Waals surface area (Å²) in [5.41, 5.74) is 1.47. The Morgan fingerprint density at radius 1 is 0.837 bits per heavy atom. The summed E-state index contributed by atoms with van der Waals surface area (Å²) in [6.45, 7) is 0.821. The highest BCUT2D eigenvalue weighted by Crippen LogP contribution is 2.57. The Kier molecular flexibility index (Phi) is 6.39. The topological polar surface area (TPSA) is 125 Å². The molecule has 3 N–H and O–H groups in total. The van der Waals surface area contributed by atoms with Crippen LogP contribution in [-0.4, -0.2) is 46.0 Å². The average Bonchev–Trinajstić information content (AvgIpc) is 3.29. The third kappa shape index (κ3) is 4.49. The van der Waals surface area contributed by atoms with Crippen molar-refractivity contribution in [1.82, 2.24) is 4.90 Å². The molecule has 0 saturated carbocycles. The number of carbonyl (C=O) groups is 3. The summed E-state index contributed by atoms with van der Waals surface area (Å²) in [6.07, 6.45) is 1.05. The SMILES string of the molecule is O=C1OC2(c3ccc(O)cc3Oc3cc(O)ccc32)c2ccc(C(=O)N3CCC(C(=O)Nc4ccc(Br)cc4)CC3)cc21. The first kappa shape index (κ1) is 27.0. The number of nitrogens with zero attached hydrogens (tertiary/aromatic N) is 1. The van der Waals surface area contributed by atoms with Gasteiger partial charge in [0.15, 0.2) is 5.60 Å². The van der Waals surface area contributed by atoms with Crippen molar-refractivity contribution in [2.24, 2.45) is 5.92 Å². The molecule has 10 heteroatoms. The Labute approximate surface area is 254 Å². The number of nitrogens with one attached hydrogen (secondary N) is 1. The standard InChI is InChI=1S/C33H25BrN2O7/c34-20-2-4-21(5-3-20)35-30(39)18-11-13-36(14-12-18)31(40)19-1-8-25-24(15-19)32(41)43-33(25)26-9-6-22(37)16-28(26)42-29-17-23(38)7-10-27(29)33/h1-10,15-18,37-38H,11-14H2,(H,35,39). The second kappa shape index (κ2) is 10.2. The van der Waals surface area contributed by atoms with Gasteiger partial charge in [-0.3, -0.25) is 9.59 Å². The van der Waals surface area contributed by atoms with E-state index in [1.54, 1.807) is 35.2 Å². The first-order valence-electron chi connectivity index (χ1n) is 13.8. The van der Waals surface area contributed by atoms with Crippen molar-refractivity contribution in [2.45, 2.75) is 18.4 Å². The van der Waals surface area contributed by atoms with E-state index < -0.39 is 11.6 Å². The van der Waals surface area contributed by atoms with Crippen molar-refractivity contribution in [3.05, 3.63) is 111 Å². The normalized spacial score (nSPS) is 16.5. The number of carbonyl (C=O) groups excluding carboxylic acids is 3. The number of likely N-dealkylation sites (tertiary alicyclic amines) is 1. The van der Waals surface area contributed by atoms with Crippen LogP contribution in [-0.2, 0) is 15.1 Å². The number of ether oxygens (including phenoxy) is 2. The molecule has 4 aromatic rings. The van der Waals surface area contributed by atoms with Crippen LogP contribution in [0.25, 0.3) is 0 Å². The zero-order valence-corrected chi connectivity index (χ0v) is 24.3. The molecule has 3 aliphatic rings. The fourth-order valence-electron chi connectivity index (χ4n) is 6.14. The molecule has 0 bridgehead atoms. The van der Waals surface area contributed by atoms with E-state index in [4.69, 9.17) is 9.47 Å². The van der Waals surface area contributed by atoms with E-state index in [-0.39, 0.29) is 46.3 Å². The number of halogens is 1. The molecular weight excluding hydrogens is 616 g/mol. The molecule has 1 fully saturated rings. The average molecular weight is 641 g/mol. The van der Waals surface area contributed by atoms with Crippen LogP contribution in [0.2, 0.25) is 0 Å². The smallest absolute Gasteiger partial charge is 0.340 e. The summed E-state index contributed by atoms with van der Waals surface area (Å²) in [5.74, 6) is -0.611. The maximum Gasteiger partial charge on any atom is 0.340 e. The first-order valence-corrected chi connectivity index (χ1v) is 14.6. The summed E-state index contributed by atoms with van der Waals surface area (Å²) < 4.78 is 13.0. The quantitative estimate of drug-likeness (QED) is 0.237. The van der Waals surface area contributed by atoms with Gasteiger partial charge in [-0.25, -0.2) is 4.79 Å². The van der Waals surface area contributed by atoms with E-state index in [1.165, 1.54) is 24.3 Å². The fourth-order valence-corrected chi connectivity index (χ4v) is 6.41. The van der Waals surface area contributed by atoms with Crippen LogP contribution in [0.5, 0.6) is 23.0 Å². The lowest BCUT2D eigenvalue weighted by molar-refractivity contribution is -0.121. The summed E-state index contributed by atoms with van der Waals surface area (Å²) in [4.78, 5) is 41.4. The van der Waals surface area contributed by atoms with Crippen LogP contribution in [0.4, 0.5) is 5.69 Å². The lowest BCUT2D eigenvalue weighted by atomic mass is 9.77. The Morgan fingerprint density at radius 2 is 1.44 bits per heavy atom. The van der Waals surface area contributed by atoms with E-state index in [9.17, 15) is 24.6 Å². The number of hydrogen-bond donors (Lipinski definition) is 3. The van der Waals surface area contributed by atoms with Gasteiger partial charge in [0.2, 0.25) is 5.91 Å². The number of amides is 2. The van der Waals surface area contributed by atoms with E-state index in [0.29, 0.717) is 48.2 Å². The minimum Gasteiger partial charge on any atom is -0.508 e. The maximum absolute atomic E-state index is 13.5. The third-order valence-electron chi connectivity index (χ3n) is 8.29. The van der Waals surface area contributed by atoms with Crippen molar-refractivity contribution in [3.63, 3.8) is 0 Å². The summed E-state index contributed by atoms with van der Waals surface area (Å²) in [5, 5.41) is 23.2. The Hall–Kier alpha value is -4.83. The molecule has 0 aliphatic carbocycles. The molecule has 2 amide bonds. The predicted octanol–water partition coefficient (Wildman–Crippen LogP) is 5.92. The largest absolute Gasteiger partial charge is 0.508 e. The van der Waals surface area contributed by atoms with Gasteiger partial charge >= 0.3 is 5.97 Å². The molecule has 43 heavy (non-hydrogen) atoms. The van der Waals surface area contributed by atoms with Gasteiger partial charge in [-0.05, 0) is 73.5 Å². The van der Waals surface area contributed by atoms with Gasteiger partial charge in [0.25, 0.3) is 5.91 Å². The van der Waals surface area contributed by atoms with Crippen molar-refractivity contribution < 1.29 is 34.1 Å². The van der Waals surface area contributed by atoms with Crippen LogP contribution < -0.4 is 10.1 Å². The molecule has 216 valence electrons. The lowest BCUT2D eigenvalue weighted by Gasteiger charge is -2.36. The van der Waals surface area contributed by atoms with E-state index >= 15 is 0 Å². The van der Waals surface area contributed by atoms with Crippen LogP contribution in [0, 0.1) is 5.92 Å². The Bertz CT molecular complexity index is 1760. The molecular formula is C33H25BrN2O7. The molecule has 4 aromatic carbocycles. The van der Waals surface area contributed by atoms with E-state index in [0.717, 1.165) is 10.2 Å². The van der Waals surface area contributed by atoms with Crippen molar-refractivity contribution >= 4 is 39.4 Å². The van der Waals surface area contributed by atoms with Gasteiger partial charge in [-0.15, -0.1) is 0 Å². The molecule has 9 nitrogen and oxygen atoms in total. The number of esters is 1. The van der Waals surface area contributed by atoms with Gasteiger partial charge in [0.05, 0.1) is 5.56 Å². The minimum atomic E-state index is -1.39. The molecule has 3 heterocycles. The number of piperidine rings is 1. The fraction of sp³-hybridized carbons (Fsp3) is 0.182. The van der Waals surface area contributed by atoms with Gasteiger partial charge in [0, 0.05) is 63.6 Å². The predicted molar refractivity (Wildman–Crippen MR) is 159 cm³/mol. The van der Waals surface area contributed by atoms with E-state index in [2.05, 4.69) is 21.2 Å². The molecule has 3 aliphatic heterocycles. The van der Waals surface area contributed by atoms with Gasteiger partial charge in [-0.2, -0.15) is 0 Å². The molecule has 0 atom stereocenters. The van der Waals surface area contributed by atoms with Gasteiger partial charge < -0.3 is 29.9 Å². The highest BCUT2D eigenvalue weighted by atomic mass is 79.9. The summed E-state index contributed by atoms with van der Waals surface area (Å²) in [6, 6.07) is 21.4. The maximum atomic E-state index is 13.5. The Morgan fingerprint density at radius 3 is 2.07 bits per heavy atom. The van der Waals surface area contributed by atoms with Crippen LogP contribution >= 0.6 is 15.9 Å². The van der Waals surface area contributed by atoms with Crippen molar-refractivity contribution in [3.8, 4) is 23.0 Å². The number of rotatable bonds is 3. The highest BCUT2D eigenvalue weighted by molar-refractivity contribution is 9.10. The molecule has 0 aromatic heterocycles. The number of benzene rings is 4. The number of phenolic OH excluding ortho intramolecular Hbond substituents is 2. The zero-order valence-electron chi connectivity index (χ0n) is 22.7. The number of aromatic hydroxyl groups is 2. The molecule has 1 saturated heterocycles. The highest BCUT2D eigenvalue weighted by Gasteiger charge is 2.54. The molecule has 7 rings (SSSR count). The van der Waals surface area contributed by atoms with Crippen molar-refractivity contribution in [1.29, 1.82) is 0 Å². The Balaban J connectivity index is 1.14. The summed E-state index contributed by atoms with van der Waals surface area (Å²) >= 11 is 3.39. The number of fused-ring (bicyclic) bond motifs is 6. The van der Waals surface area contributed by atoms with Crippen LogP contribution in [0.1, 0.15) is 50.2 Å². The van der Waals surface area contributed by atoms with Crippen molar-refractivity contribution in [2.75, 3.05) is 18.4 Å².